The molecule has 0 saturated carbocycles. The van der Waals surface area contributed by atoms with Gasteiger partial charge >= 0.3 is 0 Å². The van der Waals surface area contributed by atoms with Gasteiger partial charge in [0.05, 0.1) is 31.0 Å². The van der Waals surface area contributed by atoms with Crippen LogP contribution in [0.15, 0.2) is 23.4 Å². The van der Waals surface area contributed by atoms with Gasteiger partial charge in [0.15, 0.2) is 10.8 Å². The smallest absolute Gasteiger partial charge is 0.234 e. The summed E-state index contributed by atoms with van der Waals surface area (Å²) in [6.07, 6.45) is 4.61. The van der Waals surface area contributed by atoms with Crippen LogP contribution in [0.1, 0.15) is 29.1 Å². The van der Waals surface area contributed by atoms with Gasteiger partial charge < -0.3 is 14.8 Å². The van der Waals surface area contributed by atoms with Crippen molar-refractivity contribution in [2.24, 2.45) is 0 Å². The molecule has 0 bridgehead atoms. The Morgan fingerprint density at radius 2 is 2.06 bits per heavy atom. The van der Waals surface area contributed by atoms with Crippen molar-refractivity contribution >= 4 is 50.6 Å². The predicted molar refractivity (Wildman–Crippen MR) is 126 cm³/mol. The molecule has 0 spiro atoms. The minimum Gasteiger partial charge on any atom is -0.497 e. The summed E-state index contributed by atoms with van der Waals surface area (Å²) < 4.78 is 12.5. The highest BCUT2D eigenvalue weighted by Crippen LogP contribution is 2.38. The lowest BCUT2D eigenvalue weighted by Gasteiger charge is -2.11. The first-order chi connectivity index (χ1) is 15.6. The zero-order valence-corrected chi connectivity index (χ0v) is 19.7. The van der Waals surface area contributed by atoms with Gasteiger partial charge in [-0.15, -0.1) is 21.5 Å². The summed E-state index contributed by atoms with van der Waals surface area (Å²) in [5.41, 5.74) is 2.78. The molecule has 10 heteroatoms. The van der Waals surface area contributed by atoms with E-state index in [2.05, 4.69) is 15.5 Å². The molecule has 1 N–H and O–H groups in total. The SMILES string of the molecule is COc1ccc(OC)c(NC(=O)CSc2nnc3c4c5c(sc4nc(C)n23)CCCC5)c1. The van der Waals surface area contributed by atoms with Gasteiger partial charge in [-0.2, -0.15) is 0 Å². The van der Waals surface area contributed by atoms with Crippen LogP contribution in [0.3, 0.4) is 0 Å². The van der Waals surface area contributed by atoms with Crippen LogP contribution in [0.5, 0.6) is 11.5 Å². The molecule has 1 aliphatic rings. The summed E-state index contributed by atoms with van der Waals surface area (Å²) in [4.78, 5) is 20.0. The first-order valence-corrected chi connectivity index (χ1v) is 12.2. The van der Waals surface area contributed by atoms with E-state index in [4.69, 9.17) is 14.5 Å². The number of nitrogens with one attached hydrogen (secondary N) is 1. The normalized spacial score (nSPS) is 13.3. The molecule has 1 aromatic carbocycles. The maximum Gasteiger partial charge on any atom is 0.234 e. The lowest BCUT2D eigenvalue weighted by molar-refractivity contribution is -0.113. The highest BCUT2D eigenvalue weighted by atomic mass is 32.2. The number of benzene rings is 1. The number of hydrogen-bond donors (Lipinski definition) is 1. The first kappa shape index (κ1) is 21.0. The molecule has 4 aromatic rings. The van der Waals surface area contributed by atoms with Crippen molar-refractivity contribution in [2.45, 2.75) is 37.8 Å². The Kier molecular flexibility index (Phi) is 5.64. The van der Waals surface area contributed by atoms with Gasteiger partial charge in [-0.05, 0) is 50.3 Å². The Morgan fingerprint density at radius 3 is 2.88 bits per heavy atom. The lowest BCUT2D eigenvalue weighted by Crippen LogP contribution is -2.15. The Bertz CT molecular complexity index is 1330. The number of thiophene rings is 1. The van der Waals surface area contributed by atoms with E-state index < -0.39 is 0 Å². The van der Waals surface area contributed by atoms with Crippen LogP contribution in [0.2, 0.25) is 0 Å². The highest BCUT2D eigenvalue weighted by Gasteiger charge is 2.23. The van der Waals surface area contributed by atoms with E-state index in [0.717, 1.165) is 34.5 Å². The van der Waals surface area contributed by atoms with E-state index in [-0.39, 0.29) is 11.7 Å². The summed E-state index contributed by atoms with van der Waals surface area (Å²) >= 11 is 3.12. The van der Waals surface area contributed by atoms with E-state index in [1.54, 1.807) is 43.8 Å². The Balaban J connectivity index is 1.40. The number of aryl methyl sites for hydroxylation is 3. The van der Waals surface area contributed by atoms with E-state index in [0.29, 0.717) is 22.3 Å². The van der Waals surface area contributed by atoms with E-state index in [1.165, 1.54) is 35.0 Å². The molecule has 0 atom stereocenters. The van der Waals surface area contributed by atoms with Crippen molar-refractivity contribution < 1.29 is 14.3 Å². The van der Waals surface area contributed by atoms with Crippen molar-refractivity contribution in [1.29, 1.82) is 0 Å². The molecule has 3 heterocycles. The van der Waals surface area contributed by atoms with Crippen LogP contribution in [0, 0.1) is 6.92 Å². The van der Waals surface area contributed by atoms with Crippen molar-refractivity contribution in [2.75, 3.05) is 25.3 Å². The lowest BCUT2D eigenvalue weighted by atomic mass is 9.97. The molecule has 8 nitrogen and oxygen atoms in total. The number of nitrogens with zero attached hydrogens (tertiary/aromatic N) is 4. The van der Waals surface area contributed by atoms with Crippen LogP contribution in [0.25, 0.3) is 15.9 Å². The molecule has 0 aliphatic heterocycles. The minimum atomic E-state index is -0.169. The average Bonchev–Trinajstić information content (AvgIpc) is 3.39. The van der Waals surface area contributed by atoms with Crippen molar-refractivity contribution in [3.8, 4) is 11.5 Å². The second kappa shape index (κ2) is 8.59. The highest BCUT2D eigenvalue weighted by molar-refractivity contribution is 7.99. The molecule has 3 aromatic heterocycles. The number of ether oxygens (including phenoxy) is 2. The monoisotopic (exact) mass is 469 g/mol. The number of amides is 1. The number of rotatable bonds is 6. The van der Waals surface area contributed by atoms with Crippen LogP contribution in [0.4, 0.5) is 5.69 Å². The fraction of sp³-hybridized carbons (Fsp3) is 0.364. The topological polar surface area (TPSA) is 90.6 Å². The number of carbonyl (C=O) groups is 1. The van der Waals surface area contributed by atoms with Crippen molar-refractivity contribution in [1.82, 2.24) is 19.6 Å². The average molecular weight is 470 g/mol. The largest absolute Gasteiger partial charge is 0.497 e. The van der Waals surface area contributed by atoms with Crippen molar-refractivity contribution in [3.63, 3.8) is 0 Å². The second-order valence-corrected chi connectivity index (χ2v) is 9.62. The molecule has 0 radical (unpaired) electrons. The van der Waals surface area contributed by atoms with E-state index >= 15 is 0 Å². The number of thioether (sulfide) groups is 1. The molecule has 32 heavy (non-hydrogen) atoms. The number of carbonyl (C=O) groups excluding carboxylic acids is 1. The second-order valence-electron chi connectivity index (χ2n) is 7.59. The minimum absolute atomic E-state index is 0.169. The van der Waals surface area contributed by atoms with E-state index in [1.807, 2.05) is 11.3 Å². The van der Waals surface area contributed by atoms with Gasteiger partial charge in [0.1, 0.15) is 22.2 Å². The molecule has 0 saturated heterocycles. The van der Waals surface area contributed by atoms with Crippen LogP contribution in [-0.4, -0.2) is 45.5 Å². The Morgan fingerprint density at radius 1 is 1.22 bits per heavy atom. The summed E-state index contributed by atoms with van der Waals surface area (Å²) in [6, 6.07) is 5.28. The van der Waals surface area contributed by atoms with Gasteiger partial charge in [0.25, 0.3) is 0 Å². The standard InChI is InChI=1S/C22H23N5O3S2/c1-12-23-21-19(14-6-4-5-7-17(14)32-21)20-25-26-22(27(12)20)31-11-18(28)24-15-10-13(29-2)8-9-16(15)30-3/h8-10H,4-7,11H2,1-3H3,(H,24,28). The number of methoxy groups -OCH3 is 2. The zero-order chi connectivity index (χ0) is 22.2. The quantitative estimate of drug-likeness (QED) is 0.422. The molecular weight excluding hydrogens is 446 g/mol. The van der Waals surface area contributed by atoms with Crippen molar-refractivity contribution in [3.05, 3.63) is 34.5 Å². The Labute approximate surface area is 193 Å². The summed E-state index contributed by atoms with van der Waals surface area (Å²) in [7, 11) is 3.14. The van der Waals surface area contributed by atoms with Crippen LogP contribution < -0.4 is 14.8 Å². The maximum atomic E-state index is 12.7. The molecule has 5 rings (SSSR count). The van der Waals surface area contributed by atoms with Crippen LogP contribution in [-0.2, 0) is 17.6 Å². The molecule has 1 aliphatic carbocycles. The van der Waals surface area contributed by atoms with Gasteiger partial charge in [0.2, 0.25) is 5.91 Å². The summed E-state index contributed by atoms with van der Waals surface area (Å²) in [5, 5.41) is 13.6. The van der Waals surface area contributed by atoms with E-state index in [9.17, 15) is 4.79 Å². The molecule has 0 fully saturated rings. The summed E-state index contributed by atoms with van der Waals surface area (Å²) in [5.74, 6) is 2.05. The fourth-order valence-electron chi connectivity index (χ4n) is 4.10. The van der Waals surface area contributed by atoms with Gasteiger partial charge in [-0.25, -0.2) is 4.98 Å². The number of anilines is 1. The predicted octanol–water partition coefficient (Wildman–Crippen LogP) is 4.27. The Hall–Kier alpha value is -2.85. The van der Waals surface area contributed by atoms with Gasteiger partial charge in [-0.1, -0.05) is 11.8 Å². The summed E-state index contributed by atoms with van der Waals surface area (Å²) in [6.45, 7) is 1.96. The third-order valence-electron chi connectivity index (χ3n) is 5.61. The third kappa shape index (κ3) is 3.67. The van der Waals surface area contributed by atoms with Crippen LogP contribution >= 0.6 is 23.1 Å². The third-order valence-corrected chi connectivity index (χ3v) is 7.72. The molecule has 0 unspecified atom stereocenters. The maximum absolute atomic E-state index is 12.7. The van der Waals surface area contributed by atoms with Gasteiger partial charge in [0, 0.05) is 10.9 Å². The first-order valence-electron chi connectivity index (χ1n) is 10.4. The number of fused-ring (bicyclic) bond motifs is 5. The number of hydrogen-bond acceptors (Lipinski definition) is 8. The zero-order valence-electron chi connectivity index (χ0n) is 18.1. The molecule has 166 valence electrons. The molecular formula is C22H23N5O3S2. The molecule has 1 amide bonds. The fourth-order valence-corrected chi connectivity index (χ4v) is 6.18. The van der Waals surface area contributed by atoms with Gasteiger partial charge in [-0.3, -0.25) is 9.20 Å². The number of aromatic nitrogens is 4.